The molecule has 0 aliphatic carbocycles. The van der Waals surface area contributed by atoms with Crippen LogP contribution >= 0.6 is 11.8 Å². The van der Waals surface area contributed by atoms with Crippen LogP contribution in [0, 0.1) is 0 Å². The second kappa shape index (κ2) is 4.38. The fourth-order valence-corrected chi connectivity index (χ4v) is 3.32. The molecule has 1 nitrogen and oxygen atoms in total. The molecule has 0 bridgehead atoms. The Balaban J connectivity index is 2.08. The second-order valence-electron chi connectivity index (χ2n) is 4.19. The molecular formula is C15H12OS. The Bertz CT molecular complexity index is 575. The highest BCUT2D eigenvalue weighted by Crippen LogP contribution is 2.37. The molecular weight excluding hydrogens is 228 g/mol. The molecule has 84 valence electrons. The van der Waals surface area contributed by atoms with Crippen molar-refractivity contribution in [1.29, 1.82) is 0 Å². The molecule has 2 heteroatoms. The molecule has 1 heterocycles. The van der Waals surface area contributed by atoms with Gasteiger partial charge in [-0.25, -0.2) is 0 Å². The van der Waals surface area contributed by atoms with Crippen LogP contribution in [0.2, 0.25) is 0 Å². The van der Waals surface area contributed by atoms with Crippen molar-refractivity contribution in [3.63, 3.8) is 0 Å². The topological polar surface area (TPSA) is 17.1 Å². The van der Waals surface area contributed by atoms with Gasteiger partial charge in [-0.3, -0.25) is 4.79 Å². The lowest BCUT2D eigenvalue weighted by Crippen LogP contribution is -1.91. The van der Waals surface area contributed by atoms with Crippen LogP contribution in [0.1, 0.15) is 21.5 Å². The number of carbonyl (C=O) groups excluding carboxylic acids is 1. The van der Waals surface area contributed by atoms with Crippen molar-refractivity contribution in [2.75, 3.05) is 0 Å². The van der Waals surface area contributed by atoms with E-state index in [9.17, 15) is 4.79 Å². The highest BCUT2D eigenvalue weighted by Gasteiger charge is 2.13. The molecule has 3 rings (SSSR count). The Morgan fingerprint density at radius 3 is 2.53 bits per heavy atom. The fourth-order valence-electron chi connectivity index (χ4n) is 2.14. The molecule has 0 radical (unpaired) electrons. The third-order valence-electron chi connectivity index (χ3n) is 3.08. The molecule has 0 spiro atoms. The summed E-state index contributed by atoms with van der Waals surface area (Å²) in [6.07, 6.45) is 3.05. The lowest BCUT2D eigenvalue weighted by molar-refractivity contribution is 0.112. The third-order valence-corrected chi connectivity index (χ3v) is 4.30. The van der Waals surface area contributed by atoms with Crippen molar-refractivity contribution in [3.8, 4) is 0 Å². The third kappa shape index (κ3) is 2.01. The van der Waals surface area contributed by atoms with Crippen molar-refractivity contribution in [1.82, 2.24) is 0 Å². The molecule has 0 unspecified atom stereocenters. The van der Waals surface area contributed by atoms with E-state index in [-0.39, 0.29) is 0 Å². The molecule has 17 heavy (non-hydrogen) atoms. The first-order valence-electron chi connectivity index (χ1n) is 5.71. The first-order valence-corrected chi connectivity index (χ1v) is 6.52. The summed E-state index contributed by atoms with van der Waals surface area (Å²) in [7, 11) is 0. The summed E-state index contributed by atoms with van der Waals surface area (Å²) in [5, 5.41) is 0. The number of aldehydes is 1. The van der Waals surface area contributed by atoms with Crippen LogP contribution < -0.4 is 0 Å². The predicted octanol–water partition coefficient (Wildman–Crippen LogP) is 3.75. The highest BCUT2D eigenvalue weighted by molar-refractivity contribution is 7.99. The minimum atomic E-state index is 0.760. The van der Waals surface area contributed by atoms with Gasteiger partial charge in [0.1, 0.15) is 6.29 Å². The molecule has 0 amide bonds. The zero-order valence-corrected chi connectivity index (χ0v) is 10.2. The Hall–Kier alpha value is -1.54. The number of fused-ring (bicyclic) bond motifs is 2. The largest absolute Gasteiger partial charge is 0.298 e. The molecule has 2 aromatic rings. The second-order valence-corrected chi connectivity index (χ2v) is 5.28. The smallest absolute Gasteiger partial charge is 0.150 e. The molecule has 0 N–H and O–H groups in total. The van der Waals surface area contributed by atoms with E-state index in [4.69, 9.17) is 0 Å². The number of hydrogen-bond donors (Lipinski definition) is 0. The molecule has 1 aliphatic rings. The van der Waals surface area contributed by atoms with Gasteiger partial charge in [0.25, 0.3) is 0 Å². The molecule has 1 aliphatic heterocycles. The van der Waals surface area contributed by atoms with Crippen molar-refractivity contribution >= 4 is 18.0 Å². The first-order chi connectivity index (χ1) is 8.36. The van der Waals surface area contributed by atoms with E-state index >= 15 is 0 Å². The normalized spacial score (nSPS) is 13.4. The molecule has 0 fully saturated rings. The zero-order valence-electron chi connectivity index (χ0n) is 9.35. The minimum absolute atomic E-state index is 0.760. The maximum absolute atomic E-state index is 10.8. The van der Waals surface area contributed by atoms with Crippen molar-refractivity contribution in [2.24, 2.45) is 0 Å². The van der Waals surface area contributed by atoms with Gasteiger partial charge >= 0.3 is 0 Å². The first kappa shape index (κ1) is 10.6. The van der Waals surface area contributed by atoms with Gasteiger partial charge in [-0.1, -0.05) is 42.1 Å². The monoisotopic (exact) mass is 240 g/mol. The molecule has 0 atom stereocenters. The summed E-state index contributed by atoms with van der Waals surface area (Å²) in [6.45, 7) is 0. The highest BCUT2D eigenvalue weighted by atomic mass is 32.2. The fraction of sp³-hybridized carbons (Fsp3) is 0.133. The number of carbonyl (C=O) groups is 1. The lowest BCUT2D eigenvalue weighted by Gasteiger charge is -2.05. The summed E-state index contributed by atoms with van der Waals surface area (Å²) in [5.41, 5.74) is 3.51. The molecule has 0 saturated heterocycles. The number of aryl methyl sites for hydroxylation is 2. The minimum Gasteiger partial charge on any atom is -0.298 e. The van der Waals surface area contributed by atoms with Crippen LogP contribution in [-0.2, 0) is 12.8 Å². The molecule has 0 saturated carbocycles. The Morgan fingerprint density at radius 2 is 1.71 bits per heavy atom. The Labute approximate surface area is 105 Å². The maximum atomic E-state index is 10.8. The maximum Gasteiger partial charge on any atom is 0.150 e. The number of hydrogen-bond acceptors (Lipinski definition) is 2. The summed E-state index contributed by atoms with van der Waals surface area (Å²) in [4.78, 5) is 13.4. The van der Waals surface area contributed by atoms with E-state index in [0.29, 0.717) is 0 Å². The van der Waals surface area contributed by atoms with Gasteiger partial charge in [0.2, 0.25) is 0 Å². The van der Waals surface area contributed by atoms with Gasteiger partial charge in [-0.05, 0) is 36.1 Å². The summed E-state index contributed by atoms with van der Waals surface area (Å²) in [6, 6.07) is 14.5. The average molecular weight is 240 g/mol. The summed E-state index contributed by atoms with van der Waals surface area (Å²) >= 11 is 1.77. The predicted molar refractivity (Wildman–Crippen MR) is 69.8 cm³/mol. The Kier molecular flexibility index (Phi) is 2.73. The van der Waals surface area contributed by atoms with Gasteiger partial charge in [-0.15, -0.1) is 0 Å². The van der Waals surface area contributed by atoms with Gasteiger partial charge in [-0.2, -0.15) is 0 Å². The summed E-state index contributed by atoms with van der Waals surface area (Å²) in [5.74, 6) is 0. The van der Waals surface area contributed by atoms with Gasteiger partial charge < -0.3 is 0 Å². The number of benzene rings is 2. The van der Waals surface area contributed by atoms with Crippen LogP contribution in [0.15, 0.2) is 52.3 Å². The van der Waals surface area contributed by atoms with Crippen LogP contribution in [0.3, 0.4) is 0 Å². The van der Waals surface area contributed by atoms with Crippen molar-refractivity contribution < 1.29 is 4.79 Å². The lowest BCUT2D eigenvalue weighted by atomic mass is 10.0. The average Bonchev–Trinajstić information content (AvgIpc) is 2.56. The Morgan fingerprint density at radius 1 is 0.941 bits per heavy atom. The van der Waals surface area contributed by atoms with E-state index in [1.54, 1.807) is 11.8 Å². The van der Waals surface area contributed by atoms with Gasteiger partial charge in [0, 0.05) is 15.4 Å². The van der Waals surface area contributed by atoms with Gasteiger partial charge in [0.15, 0.2) is 0 Å². The van der Waals surface area contributed by atoms with Crippen molar-refractivity contribution in [3.05, 3.63) is 59.2 Å². The number of rotatable bonds is 1. The SMILES string of the molecule is O=Cc1ccc2c(c1)Sc1ccccc1CC2. The standard InChI is InChI=1S/C15H12OS/c16-10-11-5-6-13-8-7-12-3-1-2-4-14(12)17-15(13)9-11/h1-6,9-10H,7-8H2. The van der Waals surface area contributed by atoms with Crippen LogP contribution in [0.4, 0.5) is 0 Å². The van der Waals surface area contributed by atoms with E-state index < -0.39 is 0 Å². The van der Waals surface area contributed by atoms with E-state index in [0.717, 1.165) is 24.7 Å². The van der Waals surface area contributed by atoms with E-state index in [1.165, 1.54) is 20.9 Å². The van der Waals surface area contributed by atoms with Crippen LogP contribution in [-0.4, -0.2) is 6.29 Å². The zero-order chi connectivity index (χ0) is 11.7. The van der Waals surface area contributed by atoms with Crippen LogP contribution in [0.25, 0.3) is 0 Å². The summed E-state index contributed by atoms with van der Waals surface area (Å²) < 4.78 is 0. The molecule has 0 aromatic heterocycles. The van der Waals surface area contributed by atoms with E-state index in [2.05, 4.69) is 30.3 Å². The van der Waals surface area contributed by atoms with Crippen molar-refractivity contribution in [2.45, 2.75) is 22.6 Å². The molecule has 2 aromatic carbocycles. The van der Waals surface area contributed by atoms with Crippen LogP contribution in [0.5, 0.6) is 0 Å². The quantitative estimate of drug-likeness (QED) is 0.706. The van der Waals surface area contributed by atoms with Gasteiger partial charge in [0.05, 0.1) is 0 Å². The van der Waals surface area contributed by atoms with E-state index in [1.807, 2.05) is 12.1 Å².